The van der Waals surface area contributed by atoms with Gasteiger partial charge in [0.2, 0.25) is 22.4 Å². The largest absolute Gasteiger partial charge is 1.00 e. The molecule has 0 bridgehead atoms. The zero-order chi connectivity index (χ0) is 19.4. The second-order valence-electron chi connectivity index (χ2n) is 6.77. The van der Waals surface area contributed by atoms with Crippen LogP contribution in [-0.2, 0) is 16.4 Å². The van der Waals surface area contributed by atoms with Crippen molar-refractivity contribution in [3.63, 3.8) is 0 Å². The van der Waals surface area contributed by atoms with Gasteiger partial charge in [0.25, 0.3) is 0 Å². The number of ketones is 1. The lowest BCUT2D eigenvalue weighted by atomic mass is 10.1. The van der Waals surface area contributed by atoms with Crippen molar-refractivity contribution in [2.75, 3.05) is 24.1 Å². The van der Waals surface area contributed by atoms with Crippen molar-refractivity contribution in [3.05, 3.63) is 64.7 Å². The molecule has 0 unspecified atom stereocenters. The summed E-state index contributed by atoms with van der Waals surface area (Å²) in [6.07, 6.45) is 3.96. The highest BCUT2D eigenvalue weighted by Gasteiger charge is 2.25. The molecule has 2 aromatic rings. The van der Waals surface area contributed by atoms with Crippen molar-refractivity contribution in [3.8, 4) is 0 Å². The molecular formula is C20H22BrClN2O3S. The van der Waals surface area contributed by atoms with Gasteiger partial charge in [-0.05, 0) is 42.0 Å². The van der Waals surface area contributed by atoms with Gasteiger partial charge in [-0.25, -0.2) is 13.0 Å². The molecule has 0 amide bonds. The number of hydrogen-bond donors (Lipinski definition) is 1. The van der Waals surface area contributed by atoms with E-state index in [0.717, 1.165) is 37.1 Å². The zero-order valence-electron chi connectivity index (χ0n) is 15.5. The second kappa shape index (κ2) is 9.67. The van der Waals surface area contributed by atoms with E-state index in [1.807, 2.05) is 24.3 Å². The van der Waals surface area contributed by atoms with Crippen LogP contribution in [0.3, 0.4) is 0 Å². The molecule has 2 aromatic carbocycles. The number of sulfonamides is 1. The summed E-state index contributed by atoms with van der Waals surface area (Å²) in [5.74, 6) is 0.0245. The Balaban J connectivity index is 0.00000280. The summed E-state index contributed by atoms with van der Waals surface area (Å²) in [7, 11) is -3.32. The molecule has 0 aromatic heterocycles. The van der Waals surface area contributed by atoms with Gasteiger partial charge in [-0.3, -0.25) is 9.52 Å². The minimum Gasteiger partial charge on any atom is -1.00 e. The van der Waals surface area contributed by atoms with E-state index in [0.29, 0.717) is 17.8 Å². The summed E-state index contributed by atoms with van der Waals surface area (Å²) in [5, 5.41) is 0.719. The van der Waals surface area contributed by atoms with Gasteiger partial charge >= 0.3 is 0 Å². The third kappa shape index (κ3) is 6.43. The van der Waals surface area contributed by atoms with Crippen molar-refractivity contribution in [2.45, 2.75) is 19.3 Å². The molecule has 0 saturated heterocycles. The molecule has 3 rings (SSSR count). The Morgan fingerprint density at radius 1 is 1.11 bits per heavy atom. The van der Waals surface area contributed by atoms with Crippen LogP contribution in [0.15, 0.2) is 48.5 Å². The lowest BCUT2D eigenvalue weighted by Crippen LogP contribution is -3.00. The highest BCUT2D eigenvalue weighted by Crippen LogP contribution is 2.16. The first-order chi connectivity index (χ1) is 12.8. The number of nitrogens with zero attached hydrogens (tertiary/aromatic N) is 1. The maximum atomic E-state index is 12.6. The average Bonchev–Trinajstić information content (AvgIpc) is 3.03. The Labute approximate surface area is 181 Å². The maximum absolute atomic E-state index is 12.6. The number of rotatable bonds is 7. The van der Waals surface area contributed by atoms with E-state index < -0.39 is 10.0 Å². The molecular weight excluding hydrogens is 464 g/mol. The van der Waals surface area contributed by atoms with E-state index in [4.69, 9.17) is 11.6 Å². The van der Waals surface area contributed by atoms with E-state index in [1.165, 1.54) is 11.3 Å². The van der Waals surface area contributed by atoms with Gasteiger partial charge in [-0.1, -0.05) is 23.7 Å². The molecule has 1 heterocycles. The van der Waals surface area contributed by atoms with E-state index in [1.54, 1.807) is 24.3 Å². The van der Waals surface area contributed by atoms with Crippen LogP contribution in [0.2, 0.25) is 5.02 Å². The SMILES string of the molecule is CS(=O)(=O)Nc1ccc(C(=O)C[N+]2=C(Cc3ccc(Cl)cc3)CCC2)cc1.[Br-]. The Kier molecular flexibility index (Phi) is 7.80. The normalized spacial score (nSPS) is 13.9. The van der Waals surface area contributed by atoms with Gasteiger partial charge in [-0.2, -0.15) is 0 Å². The van der Waals surface area contributed by atoms with Crippen LogP contribution in [0, 0.1) is 0 Å². The van der Waals surface area contributed by atoms with Crippen LogP contribution >= 0.6 is 11.6 Å². The molecule has 1 N–H and O–H groups in total. The molecule has 5 nitrogen and oxygen atoms in total. The first kappa shape index (κ1) is 22.6. The van der Waals surface area contributed by atoms with Crippen molar-refractivity contribution in [1.82, 2.24) is 0 Å². The number of Topliss-reactive ketones (excluding diaryl/α,β-unsaturated/α-hetero) is 1. The molecule has 0 atom stereocenters. The van der Waals surface area contributed by atoms with E-state index in [2.05, 4.69) is 9.30 Å². The average molecular weight is 486 g/mol. The zero-order valence-corrected chi connectivity index (χ0v) is 18.6. The molecule has 8 heteroatoms. The molecule has 0 fully saturated rings. The Morgan fingerprint density at radius 3 is 2.36 bits per heavy atom. The highest BCUT2D eigenvalue weighted by molar-refractivity contribution is 7.92. The van der Waals surface area contributed by atoms with Gasteiger partial charge in [0.15, 0.2) is 5.71 Å². The summed E-state index contributed by atoms with van der Waals surface area (Å²) < 4.78 is 27.1. The van der Waals surface area contributed by atoms with Gasteiger partial charge < -0.3 is 17.0 Å². The summed E-state index contributed by atoms with van der Waals surface area (Å²) in [5.41, 5.74) is 3.47. The topological polar surface area (TPSA) is 66.2 Å². The Morgan fingerprint density at radius 2 is 1.75 bits per heavy atom. The van der Waals surface area contributed by atoms with Crippen LogP contribution < -0.4 is 21.7 Å². The smallest absolute Gasteiger partial charge is 0.229 e. The first-order valence-corrected chi connectivity index (χ1v) is 11.0. The van der Waals surface area contributed by atoms with Crippen molar-refractivity contribution >= 4 is 38.8 Å². The van der Waals surface area contributed by atoms with Crippen molar-refractivity contribution in [1.29, 1.82) is 0 Å². The lowest BCUT2D eigenvalue weighted by molar-refractivity contribution is -0.507. The van der Waals surface area contributed by atoms with Crippen LogP contribution in [0.5, 0.6) is 0 Å². The fourth-order valence-electron chi connectivity index (χ4n) is 3.22. The van der Waals surface area contributed by atoms with E-state index in [9.17, 15) is 13.2 Å². The summed E-state index contributed by atoms with van der Waals surface area (Å²) in [6, 6.07) is 14.3. The highest BCUT2D eigenvalue weighted by atomic mass is 79.9. The lowest BCUT2D eigenvalue weighted by Gasteiger charge is -2.06. The second-order valence-corrected chi connectivity index (χ2v) is 8.95. The number of carbonyl (C=O) groups is 1. The standard InChI is InChI=1S/C20H21ClN2O3S.BrH/c1-27(25,26)22-18-10-6-16(7-11-18)20(24)14-23-12-2-3-19(23)13-15-4-8-17(21)9-5-15;/h4-11H,2-3,12-14H2,1H3;1H. The number of carbonyl (C=O) groups excluding carboxylic acids is 1. The van der Waals surface area contributed by atoms with Gasteiger partial charge in [0.1, 0.15) is 6.54 Å². The number of benzene rings is 2. The van der Waals surface area contributed by atoms with E-state index in [-0.39, 0.29) is 22.8 Å². The number of hydrogen-bond acceptors (Lipinski definition) is 3. The van der Waals surface area contributed by atoms with Crippen LogP contribution in [0.25, 0.3) is 0 Å². The van der Waals surface area contributed by atoms with Crippen molar-refractivity contribution in [2.24, 2.45) is 0 Å². The minimum absolute atomic E-state index is 0. The van der Waals surface area contributed by atoms with Crippen LogP contribution in [0.1, 0.15) is 28.8 Å². The predicted molar refractivity (Wildman–Crippen MR) is 109 cm³/mol. The molecule has 1 aliphatic heterocycles. The molecule has 28 heavy (non-hydrogen) atoms. The van der Waals surface area contributed by atoms with Crippen LogP contribution in [0.4, 0.5) is 5.69 Å². The Bertz CT molecular complexity index is 972. The van der Waals surface area contributed by atoms with Crippen molar-refractivity contribution < 1.29 is 34.8 Å². The molecule has 0 saturated carbocycles. The molecule has 0 aliphatic carbocycles. The minimum atomic E-state index is -3.32. The molecule has 1 aliphatic rings. The molecule has 150 valence electrons. The monoisotopic (exact) mass is 484 g/mol. The third-order valence-electron chi connectivity index (χ3n) is 4.51. The quantitative estimate of drug-likeness (QED) is 0.456. The maximum Gasteiger partial charge on any atom is 0.229 e. The third-order valence-corrected chi connectivity index (χ3v) is 5.37. The summed E-state index contributed by atoms with van der Waals surface area (Å²) in [4.78, 5) is 12.6. The molecule has 0 radical (unpaired) electrons. The van der Waals surface area contributed by atoms with Gasteiger partial charge in [0, 0.05) is 29.1 Å². The fraction of sp³-hybridized carbons (Fsp3) is 0.300. The van der Waals surface area contributed by atoms with Crippen LogP contribution in [-0.4, -0.2) is 43.8 Å². The first-order valence-electron chi connectivity index (χ1n) is 8.75. The molecule has 0 spiro atoms. The number of nitrogens with one attached hydrogen (secondary N) is 1. The predicted octanol–water partition coefficient (Wildman–Crippen LogP) is 0.388. The number of anilines is 1. The summed E-state index contributed by atoms with van der Waals surface area (Å²) >= 11 is 5.94. The Hall–Kier alpha value is -1.70. The number of halogens is 2. The van der Waals surface area contributed by atoms with E-state index >= 15 is 0 Å². The summed E-state index contributed by atoms with van der Waals surface area (Å²) in [6.45, 7) is 1.21. The fourth-order valence-corrected chi connectivity index (χ4v) is 3.91. The van der Waals surface area contributed by atoms with Gasteiger partial charge in [-0.15, -0.1) is 0 Å². The van der Waals surface area contributed by atoms with Gasteiger partial charge in [0.05, 0.1) is 12.7 Å².